The molecule has 7 atom stereocenters. The predicted octanol–water partition coefficient (Wildman–Crippen LogP) is 3.91. The van der Waals surface area contributed by atoms with Crippen molar-refractivity contribution in [2.75, 3.05) is 27.3 Å². The van der Waals surface area contributed by atoms with Gasteiger partial charge < -0.3 is 19.3 Å². The van der Waals surface area contributed by atoms with E-state index in [0.29, 0.717) is 12.5 Å². The van der Waals surface area contributed by atoms with Crippen LogP contribution >= 0.6 is 0 Å². The minimum absolute atomic E-state index is 0.140. The molecule has 1 saturated heterocycles. The number of carbonyl (C=O) groups excluding carboxylic acids is 1. The molecule has 1 aromatic carbocycles. The van der Waals surface area contributed by atoms with Crippen molar-refractivity contribution in [3.05, 3.63) is 34.9 Å². The number of allylic oxidation sites excluding steroid dienone is 1. The number of hydrogen-bond acceptors (Lipinski definition) is 6. The quantitative estimate of drug-likeness (QED) is 0.549. The van der Waals surface area contributed by atoms with Gasteiger partial charge in [0.05, 0.1) is 26.2 Å². The van der Waals surface area contributed by atoms with E-state index in [1.807, 2.05) is 0 Å². The first-order valence-corrected chi connectivity index (χ1v) is 12.4. The molecule has 5 rings (SSSR count). The fraction of sp³-hybridized carbons (Fsp3) is 0.667. The van der Waals surface area contributed by atoms with E-state index in [1.165, 1.54) is 16.7 Å². The Bertz CT molecular complexity index is 974. The summed E-state index contributed by atoms with van der Waals surface area (Å²) in [4.78, 5) is 15.4. The van der Waals surface area contributed by atoms with Crippen molar-refractivity contribution in [2.24, 2.45) is 23.2 Å². The van der Waals surface area contributed by atoms with Crippen LogP contribution in [0.5, 0.6) is 11.5 Å². The lowest BCUT2D eigenvalue weighted by Gasteiger charge is -2.52. The largest absolute Gasteiger partial charge is 0.493 e. The number of aliphatic hydroxyl groups excluding tert-OH is 1. The van der Waals surface area contributed by atoms with Gasteiger partial charge >= 0.3 is 5.97 Å². The van der Waals surface area contributed by atoms with Crippen molar-refractivity contribution in [3.63, 3.8) is 0 Å². The number of esters is 1. The van der Waals surface area contributed by atoms with E-state index in [9.17, 15) is 9.90 Å². The molecule has 2 aliphatic carbocycles. The van der Waals surface area contributed by atoms with E-state index in [2.05, 4.69) is 43.9 Å². The van der Waals surface area contributed by atoms with Gasteiger partial charge in [-0.05, 0) is 55.4 Å². The fourth-order valence-corrected chi connectivity index (χ4v) is 6.97. The lowest BCUT2D eigenvalue weighted by molar-refractivity contribution is -0.145. The molecule has 0 radical (unpaired) electrons. The molecule has 1 aromatic rings. The standard InChI is InChI=1S/C27H37NO5/c1-15-7-6-8-18-12-23-24(25(29)27(15,18)3)20(26(30)33-23)14-28-10-9-17-11-21(31-4)22(32-5)13-19(17)16(28)2/h8,11,13,15-16,20,23-25,29H,6-7,9-10,12,14H2,1-5H3/t15-,16+,20+,23-,24-,25+,27-/m1/s1. The molecular weight excluding hydrogens is 418 g/mol. The van der Waals surface area contributed by atoms with Gasteiger partial charge in [0.2, 0.25) is 0 Å². The first-order valence-electron chi connectivity index (χ1n) is 12.4. The van der Waals surface area contributed by atoms with Crippen molar-refractivity contribution < 1.29 is 24.1 Å². The summed E-state index contributed by atoms with van der Waals surface area (Å²) in [7, 11) is 3.32. The lowest BCUT2D eigenvalue weighted by Crippen LogP contribution is -2.55. The topological polar surface area (TPSA) is 68.2 Å². The smallest absolute Gasteiger partial charge is 0.311 e. The zero-order chi connectivity index (χ0) is 23.5. The average molecular weight is 456 g/mol. The number of aliphatic hydroxyl groups is 1. The predicted molar refractivity (Wildman–Crippen MR) is 125 cm³/mol. The molecule has 180 valence electrons. The number of hydrogen-bond donors (Lipinski definition) is 1. The molecule has 0 spiro atoms. The van der Waals surface area contributed by atoms with Gasteiger partial charge in [-0.15, -0.1) is 0 Å². The molecule has 0 unspecified atom stereocenters. The molecule has 4 aliphatic rings. The monoisotopic (exact) mass is 455 g/mol. The lowest BCUT2D eigenvalue weighted by atomic mass is 9.55. The molecule has 6 nitrogen and oxygen atoms in total. The Morgan fingerprint density at radius 3 is 2.67 bits per heavy atom. The highest BCUT2D eigenvalue weighted by Gasteiger charge is 2.60. The highest BCUT2D eigenvalue weighted by Crippen LogP contribution is 2.56. The van der Waals surface area contributed by atoms with Crippen LogP contribution in [0.2, 0.25) is 0 Å². The number of carbonyl (C=O) groups is 1. The zero-order valence-corrected chi connectivity index (χ0v) is 20.5. The Kier molecular flexibility index (Phi) is 5.73. The number of fused-ring (bicyclic) bond motifs is 3. The van der Waals surface area contributed by atoms with Crippen molar-refractivity contribution in [3.8, 4) is 11.5 Å². The maximum absolute atomic E-state index is 13.1. The second-order valence-corrected chi connectivity index (χ2v) is 10.6. The van der Waals surface area contributed by atoms with Gasteiger partial charge in [-0.3, -0.25) is 9.69 Å². The number of nitrogens with zero attached hydrogens (tertiary/aromatic N) is 1. The van der Waals surface area contributed by atoms with Crippen molar-refractivity contribution in [1.82, 2.24) is 4.90 Å². The minimum atomic E-state index is -0.564. The second-order valence-electron chi connectivity index (χ2n) is 10.6. The molecule has 33 heavy (non-hydrogen) atoms. The summed E-state index contributed by atoms with van der Waals surface area (Å²) < 4.78 is 16.9. The van der Waals surface area contributed by atoms with Crippen LogP contribution in [0.3, 0.4) is 0 Å². The molecule has 0 amide bonds. The van der Waals surface area contributed by atoms with Gasteiger partial charge in [-0.1, -0.05) is 25.5 Å². The molecule has 2 fully saturated rings. The molecule has 1 N–H and O–H groups in total. The van der Waals surface area contributed by atoms with E-state index in [0.717, 1.165) is 43.7 Å². The summed E-state index contributed by atoms with van der Waals surface area (Å²) in [6.45, 7) is 8.09. The number of ether oxygens (including phenoxy) is 3. The third-order valence-corrected chi connectivity index (χ3v) is 9.31. The average Bonchev–Trinajstić information content (AvgIpc) is 3.11. The molecule has 1 saturated carbocycles. The van der Waals surface area contributed by atoms with Gasteiger partial charge in [0.25, 0.3) is 0 Å². The zero-order valence-electron chi connectivity index (χ0n) is 20.5. The van der Waals surface area contributed by atoms with Gasteiger partial charge in [-0.25, -0.2) is 0 Å². The number of methoxy groups -OCH3 is 2. The first kappa shape index (κ1) is 22.7. The van der Waals surface area contributed by atoms with E-state index in [1.54, 1.807) is 14.2 Å². The maximum Gasteiger partial charge on any atom is 0.311 e. The van der Waals surface area contributed by atoms with Crippen molar-refractivity contribution >= 4 is 5.97 Å². The Morgan fingerprint density at radius 1 is 1.21 bits per heavy atom. The van der Waals surface area contributed by atoms with Crippen LogP contribution in [0, 0.1) is 23.2 Å². The summed E-state index contributed by atoms with van der Waals surface area (Å²) in [6, 6.07) is 4.28. The van der Waals surface area contributed by atoms with Gasteiger partial charge in [-0.2, -0.15) is 0 Å². The normalized spacial score (nSPS) is 38.0. The van der Waals surface area contributed by atoms with Crippen LogP contribution < -0.4 is 9.47 Å². The van der Waals surface area contributed by atoms with Gasteiger partial charge in [0.15, 0.2) is 11.5 Å². The highest BCUT2D eigenvalue weighted by molar-refractivity contribution is 5.76. The Balaban J connectivity index is 1.40. The van der Waals surface area contributed by atoms with E-state index in [-0.39, 0.29) is 35.4 Å². The molecular formula is C27H37NO5. The van der Waals surface area contributed by atoms with Crippen molar-refractivity contribution in [1.29, 1.82) is 0 Å². The van der Waals surface area contributed by atoms with Gasteiger partial charge in [0.1, 0.15) is 6.10 Å². The van der Waals surface area contributed by atoms with E-state index < -0.39 is 6.10 Å². The Morgan fingerprint density at radius 2 is 1.94 bits per heavy atom. The van der Waals surface area contributed by atoms with Gasteiger partial charge in [0, 0.05) is 36.9 Å². The highest BCUT2D eigenvalue weighted by atomic mass is 16.6. The fourth-order valence-electron chi connectivity index (χ4n) is 6.97. The maximum atomic E-state index is 13.1. The Hall–Kier alpha value is -2.05. The first-order chi connectivity index (χ1) is 15.8. The molecule has 6 heteroatoms. The van der Waals surface area contributed by atoms with E-state index >= 15 is 0 Å². The SMILES string of the molecule is COc1cc2c(cc1OC)[C@H](C)N(C[C@@H]1C(=O)O[C@@H]3CC4=CCC[C@@H](C)[C@@]4(C)[C@@H](O)[C@H]13)CC2. The molecule has 0 bridgehead atoms. The van der Waals surface area contributed by atoms with E-state index in [4.69, 9.17) is 14.2 Å². The summed E-state index contributed by atoms with van der Waals surface area (Å²) in [5.74, 6) is 1.27. The Labute approximate surface area is 196 Å². The van der Waals surface area contributed by atoms with Crippen LogP contribution in [0.1, 0.15) is 57.2 Å². The molecule has 0 aromatic heterocycles. The summed E-state index contributed by atoms with van der Waals surface area (Å²) in [6.07, 6.45) is 5.29. The third kappa shape index (κ3) is 3.40. The summed E-state index contributed by atoms with van der Waals surface area (Å²) >= 11 is 0. The minimum Gasteiger partial charge on any atom is -0.493 e. The van der Waals surface area contributed by atoms with Crippen LogP contribution in [-0.2, 0) is 16.0 Å². The molecule has 2 heterocycles. The van der Waals surface area contributed by atoms with Crippen LogP contribution in [0.15, 0.2) is 23.8 Å². The van der Waals surface area contributed by atoms with Crippen LogP contribution in [0.25, 0.3) is 0 Å². The van der Waals surface area contributed by atoms with Crippen LogP contribution in [0.4, 0.5) is 0 Å². The van der Waals surface area contributed by atoms with Crippen LogP contribution in [-0.4, -0.2) is 55.5 Å². The number of rotatable bonds is 4. The summed E-state index contributed by atoms with van der Waals surface area (Å²) in [5, 5.41) is 11.6. The van der Waals surface area contributed by atoms with Crippen molar-refractivity contribution in [2.45, 2.75) is 64.7 Å². The number of benzene rings is 1. The second kappa shape index (κ2) is 8.31. The molecule has 2 aliphatic heterocycles. The third-order valence-electron chi connectivity index (χ3n) is 9.31. The summed E-state index contributed by atoms with van der Waals surface area (Å²) in [5.41, 5.74) is 3.49.